The number of benzene rings is 1. The van der Waals surface area contributed by atoms with Gasteiger partial charge in [-0.2, -0.15) is 5.10 Å². The highest BCUT2D eigenvalue weighted by atomic mass is 32.2. The number of hydrogen-bond donors (Lipinski definition) is 0. The van der Waals surface area contributed by atoms with Crippen LogP contribution in [-0.4, -0.2) is 32.5 Å². The number of amides is 1. The van der Waals surface area contributed by atoms with Crippen molar-refractivity contribution in [3.63, 3.8) is 0 Å². The molecule has 0 bridgehead atoms. The number of nitrogens with zero attached hydrogens (tertiary/aromatic N) is 4. The molecule has 0 fully saturated rings. The minimum Gasteiger partial charge on any atom is -0.306 e. The number of fused-ring (bicyclic) bond motifs is 1. The molecule has 0 radical (unpaired) electrons. The molecule has 0 saturated heterocycles. The van der Waals surface area contributed by atoms with Crippen LogP contribution in [-0.2, 0) is 7.05 Å². The Labute approximate surface area is 154 Å². The van der Waals surface area contributed by atoms with Gasteiger partial charge in [0, 0.05) is 40.9 Å². The number of aromatic nitrogens is 3. The van der Waals surface area contributed by atoms with Crippen LogP contribution in [0.5, 0.6) is 0 Å². The van der Waals surface area contributed by atoms with Gasteiger partial charge in [0.25, 0.3) is 5.91 Å². The molecule has 1 atom stereocenters. The zero-order valence-corrected chi connectivity index (χ0v) is 15.7. The summed E-state index contributed by atoms with van der Waals surface area (Å²) in [5, 5.41) is 7.32. The van der Waals surface area contributed by atoms with Crippen LogP contribution in [0.25, 0.3) is 10.6 Å². The van der Waals surface area contributed by atoms with E-state index in [1.54, 1.807) is 10.9 Å². The summed E-state index contributed by atoms with van der Waals surface area (Å²) in [4.78, 5) is 20.7. The number of para-hydroxylation sites is 1. The second-order valence-corrected chi connectivity index (χ2v) is 8.42. The van der Waals surface area contributed by atoms with Gasteiger partial charge in [0.15, 0.2) is 0 Å². The van der Waals surface area contributed by atoms with Crippen molar-refractivity contribution in [3.8, 4) is 10.6 Å². The molecule has 1 amide bonds. The summed E-state index contributed by atoms with van der Waals surface area (Å²) in [6.45, 7) is 2.92. The fourth-order valence-corrected chi connectivity index (χ4v) is 4.75. The van der Waals surface area contributed by atoms with Gasteiger partial charge in [-0.3, -0.25) is 9.48 Å². The van der Waals surface area contributed by atoms with Gasteiger partial charge >= 0.3 is 0 Å². The van der Waals surface area contributed by atoms with Gasteiger partial charge in [-0.05, 0) is 18.6 Å². The average Bonchev–Trinajstić information content (AvgIpc) is 3.21. The Kier molecular flexibility index (Phi) is 4.35. The van der Waals surface area contributed by atoms with E-state index in [0.717, 1.165) is 27.6 Å². The highest BCUT2D eigenvalue weighted by molar-refractivity contribution is 8.00. The van der Waals surface area contributed by atoms with E-state index < -0.39 is 0 Å². The van der Waals surface area contributed by atoms with E-state index in [4.69, 9.17) is 0 Å². The standard InChI is InChI=1S/C18H18N4OS2/c1-12-7-8-22(15-5-3-4-6-16(15)25-12)18(23)14-11-24-17(20-14)13-9-19-21(2)10-13/h3-6,9-12H,7-8H2,1-2H3/t12-/m1/s1. The van der Waals surface area contributed by atoms with Gasteiger partial charge in [-0.15, -0.1) is 23.1 Å². The highest BCUT2D eigenvalue weighted by Gasteiger charge is 2.26. The van der Waals surface area contributed by atoms with Crippen molar-refractivity contribution < 1.29 is 4.79 Å². The monoisotopic (exact) mass is 370 g/mol. The van der Waals surface area contributed by atoms with Crippen LogP contribution in [0.4, 0.5) is 5.69 Å². The highest BCUT2D eigenvalue weighted by Crippen LogP contribution is 2.38. The largest absolute Gasteiger partial charge is 0.306 e. The van der Waals surface area contributed by atoms with Crippen LogP contribution in [0, 0.1) is 0 Å². The molecular weight excluding hydrogens is 352 g/mol. The summed E-state index contributed by atoms with van der Waals surface area (Å²) in [6.07, 6.45) is 4.64. The Morgan fingerprint density at radius 3 is 2.96 bits per heavy atom. The molecule has 4 rings (SSSR count). The molecule has 1 aliphatic heterocycles. The molecule has 5 nitrogen and oxygen atoms in total. The van der Waals surface area contributed by atoms with E-state index in [2.05, 4.69) is 23.1 Å². The summed E-state index contributed by atoms with van der Waals surface area (Å²) >= 11 is 3.31. The first kappa shape index (κ1) is 16.4. The van der Waals surface area contributed by atoms with E-state index >= 15 is 0 Å². The molecule has 3 heterocycles. The molecule has 1 aliphatic rings. The van der Waals surface area contributed by atoms with Crippen LogP contribution >= 0.6 is 23.1 Å². The van der Waals surface area contributed by atoms with Crippen molar-refractivity contribution in [1.29, 1.82) is 0 Å². The molecule has 0 unspecified atom stereocenters. The molecule has 128 valence electrons. The molecular formula is C18H18N4OS2. The lowest BCUT2D eigenvalue weighted by Gasteiger charge is -2.21. The van der Waals surface area contributed by atoms with Crippen LogP contribution in [0.1, 0.15) is 23.8 Å². The SMILES string of the molecule is C[C@@H]1CCN(C(=O)c2csc(-c3cnn(C)c3)n2)c2ccccc2S1. The molecule has 7 heteroatoms. The van der Waals surface area contributed by atoms with Crippen LogP contribution < -0.4 is 4.90 Å². The lowest BCUT2D eigenvalue weighted by molar-refractivity contribution is 0.0982. The van der Waals surface area contributed by atoms with Crippen molar-refractivity contribution in [2.45, 2.75) is 23.5 Å². The summed E-state index contributed by atoms with van der Waals surface area (Å²) in [6, 6.07) is 8.12. The first-order valence-electron chi connectivity index (χ1n) is 8.14. The number of hydrogen-bond acceptors (Lipinski definition) is 5. The molecule has 0 aliphatic carbocycles. The minimum atomic E-state index is -0.0338. The molecule has 25 heavy (non-hydrogen) atoms. The van der Waals surface area contributed by atoms with Gasteiger partial charge in [0.05, 0.1) is 11.9 Å². The van der Waals surface area contributed by atoms with E-state index in [1.165, 1.54) is 11.3 Å². The summed E-state index contributed by atoms with van der Waals surface area (Å²) in [7, 11) is 1.87. The molecule has 3 aromatic rings. The quantitative estimate of drug-likeness (QED) is 0.682. The third kappa shape index (κ3) is 3.21. The van der Waals surface area contributed by atoms with Crippen LogP contribution in [0.15, 0.2) is 46.9 Å². The first-order chi connectivity index (χ1) is 12.1. The van der Waals surface area contributed by atoms with Gasteiger partial charge in [0.2, 0.25) is 0 Å². The van der Waals surface area contributed by atoms with Crippen LogP contribution in [0.2, 0.25) is 0 Å². The minimum absolute atomic E-state index is 0.0338. The Bertz CT molecular complexity index is 917. The van der Waals surface area contributed by atoms with E-state index in [-0.39, 0.29) is 5.91 Å². The van der Waals surface area contributed by atoms with E-state index in [0.29, 0.717) is 17.5 Å². The van der Waals surface area contributed by atoms with Crippen molar-refractivity contribution in [3.05, 3.63) is 47.7 Å². The lowest BCUT2D eigenvalue weighted by atomic mass is 10.2. The smallest absolute Gasteiger partial charge is 0.277 e. The molecule has 0 spiro atoms. The fraction of sp³-hybridized carbons (Fsp3) is 0.278. The predicted octanol–water partition coefficient (Wildman–Crippen LogP) is 4.07. The van der Waals surface area contributed by atoms with Crippen molar-refractivity contribution >= 4 is 34.7 Å². The number of anilines is 1. The number of carbonyl (C=O) groups is 1. The van der Waals surface area contributed by atoms with Gasteiger partial charge in [0.1, 0.15) is 10.7 Å². The topological polar surface area (TPSA) is 51.0 Å². The third-order valence-corrected chi connectivity index (χ3v) is 6.29. The zero-order chi connectivity index (χ0) is 17.4. The van der Waals surface area contributed by atoms with E-state index in [9.17, 15) is 4.79 Å². The molecule has 1 aromatic carbocycles. The normalized spacial score (nSPS) is 17.2. The number of aryl methyl sites for hydroxylation is 1. The second kappa shape index (κ2) is 6.65. The third-order valence-electron chi connectivity index (χ3n) is 4.16. The Balaban J connectivity index is 1.66. The van der Waals surface area contributed by atoms with E-state index in [1.807, 2.05) is 53.5 Å². The lowest BCUT2D eigenvalue weighted by Crippen LogP contribution is -2.32. The average molecular weight is 371 g/mol. The maximum absolute atomic E-state index is 13.1. The van der Waals surface area contributed by atoms with Gasteiger partial charge in [-0.25, -0.2) is 4.98 Å². The van der Waals surface area contributed by atoms with Crippen molar-refractivity contribution in [1.82, 2.24) is 14.8 Å². The van der Waals surface area contributed by atoms with Gasteiger partial charge in [-0.1, -0.05) is 19.1 Å². The molecule has 0 saturated carbocycles. The van der Waals surface area contributed by atoms with Crippen LogP contribution in [0.3, 0.4) is 0 Å². The van der Waals surface area contributed by atoms with Gasteiger partial charge < -0.3 is 4.90 Å². The molecule has 2 aromatic heterocycles. The second-order valence-electron chi connectivity index (χ2n) is 6.08. The Hall–Kier alpha value is -2.12. The van der Waals surface area contributed by atoms with Crippen molar-refractivity contribution in [2.24, 2.45) is 7.05 Å². The summed E-state index contributed by atoms with van der Waals surface area (Å²) in [5.41, 5.74) is 2.42. The fourth-order valence-electron chi connectivity index (χ4n) is 2.87. The predicted molar refractivity (Wildman–Crippen MR) is 102 cm³/mol. The number of thiazole rings is 1. The number of rotatable bonds is 2. The maximum Gasteiger partial charge on any atom is 0.277 e. The number of carbonyl (C=O) groups excluding carboxylic acids is 1. The maximum atomic E-state index is 13.1. The first-order valence-corrected chi connectivity index (χ1v) is 9.90. The van der Waals surface area contributed by atoms with Crippen molar-refractivity contribution in [2.75, 3.05) is 11.4 Å². The number of thioether (sulfide) groups is 1. The summed E-state index contributed by atoms with van der Waals surface area (Å²) in [5.74, 6) is -0.0338. The zero-order valence-electron chi connectivity index (χ0n) is 14.0. The Morgan fingerprint density at radius 1 is 1.32 bits per heavy atom. The summed E-state index contributed by atoms with van der Waals surface area (Å²) < 4.78 is 1.74. The Morgan fingerprint density at radius 2 is 2.16 bits per heavy atom. The molecule has 0 N–H and O–H groups in total.